The fraction of sp³-hybridized carbons (Fsp3) is 0.0741. The topological polar surface area (TPSA) is 72.3 Å². The van der Waals surface area contributed by atoms with E-state index in [0.29, 0.717) is 18.8 Å². The highest BCUT2D eigenvalue weighted by atomic mass is 32.1. The Kier molecular flexibility index (Phi) is 6.01. The minimum atomic E-state index is -1.04. The second-order valence-electron chi connectivity index (χ2n) is 7.80. The maximum Gasteiger partial charge on any atom is 0.337 e. The van der Waals surface area contributed by atoms with Crippen LogP contribution in [0.3, 0.4) is 0 Å². The van der Waals surface area contributed by atoms with Crippen LogP contribution < -0.4 is 4.74 Å². The molecule has 0 saturated carbocycles. The van der Waals surface area contributed by atoms with Gasteiger partial charge in [-0.1, -0.05) is 48.5 Å². The Morgan fingerprint density at radius 1 is 0.941 bits per heavy atom. The van der Waals surface area contributed by atoms with Crippen LogP contribution in [0.1, 0.15) is 26.5 Å². The third-order valence-electron chi connectivity index (χ3n) is 5.33. The highest BCUT2D eigenvalue weighted by molar-refractivity contribution is 7.18. The smallest absolute Gasteiger partial charge is 0.337 e. The Bertz CT molecular complexity index is 1480. The maximum absolute atomic E-state index is 13.5. The Labute approximate surface area is 199 Å². The second-order valence-corrected chi connectivity index (χ2v) is 8.91. The van der Waals surface area contributed by atoms with Crippen molar-refractivity contribution in [3.05, 3.63) is 113 Å². The van der Waals surface area contributed by atoms with E-state index >= 15 is 0 Å². The van der Waals surface area contributed by atoms with Crippen molar-refractivity contribution in [2.45, 2.75) is 13.0 Å². The quantitative estimate of drug-likeness (QED) is 0.299. The van der Waals surface area contributed by atoms with Crippen LogP contribution in [-0.4, -0.2) is 21.0 Å². The fourth-order valence-electron chi connectivity index (χ4n) is 3.63. The first kappa shape index (κ1) is 21.7. The zero-order valence-electron chi connectivity index (χ0n) is 17.9. The maximum atomic E-state index is 13.5. The summed E-state index contributed by atoms with van der Waals surface area (Å²) in [4.78, 5) is 19.6. The number of aromatic nitrogens is 2. The molecular formula is C27H19FN2O3S. The molecule has 7 heteroatoms. The van der Waals surface area contributed by atoms with Crippen LogP contribution in [0.5, 0.6) is 5.75 Å². The Morgan fingerprint density at radius 2 is 1.79 bits per heavy atom. The zero-order chi connectivity index (χ0) is 23.5. The lowest BCUT2D eigenvalue weighted by Crippen LogP contribution is -2.00. The van der Waals surface area contributed by atoms with Gasteiger partial charge in [0.1, 0.15) is 18.2 Å². The molecule has 3 aromatic carbocycles. The highest BCUT2D eigenvalue weighted by Crippen LogP contribution is 2.27. The summed E-state index contributed by atoms with van der Waals surface area (Å²) < 4.78 is 20.0. The van der Waals surface area contributed by atoms with Gasteiger partial charge in [-0.15, -0.1) is 11.3 Å². The van der Waals surface area contributed by atoms with E-state index in [1.54, 1.807) is 6.07 Å². The summed E-state index contributed by atoms with van der Waals surface area (Å²) in [5.74, 6) is -0.875. The van der Waals surface area contributed by atoms with Gasteiger partial charge >= 0.3 is 5.97 Å². The summed E-state index contributed by atoms with van der Waals surface area (Å²) >= 11 is 1.51. The first-order chi connectivity index (χ1) is 16.5. The van der Waals surface area contributed by atoms with Crippen LogP contribution in [-0.2, 0) is 13.0 Å². The van der Waals surface area contributed by atoms with Crippen molar-refractivity contribution in [3.63, 3.8) is 0 Å². The molecule has 0 radical (unpaired) electrons. The molecule has 34 heavy (non-hydrogen) atoms. The van der Waals surface area contributed by atoms with Crippen LogP contribution >= 0.6 is 11.3 Å². The summed E-state index contributed by atoms with van der Waals surface area (Å²) in [6.07, 6.45) is 3.47. The van der Waals surface area contributed by atoms with E-state index in [4.69, 9.17) is 9.84 Å². The largest absolute Gasteiger partial charge is 0.487 e. The summed E-state index contributed by atoms with van der Waals surface area (Å²) in [6, 6.07) is 22.5. The first-order valence-corrected chi connectivity index (χ1v) is 11.4. The number of aromatic carboxylic acids is 1. The molecule has 0 saturated heterocycles. The lowest BCUT2D eigenvalue weighted by molar-refractivity contribution is 0.0696. The fourth-order valence-corrected chi connectivity index (χ4v) is 4.66. The molecular weight excluding hydrogens is 451 g/mol. The number of carboxylic acids is 1. The SMILES string of the molecule is O=C(O)c1cncc(OCc2ccc(-c3cccc(Cc4nc5ccc(F)cc5s4)c3)cc2)c1. The summed E-state index contributed by atoms with van der Waals surface area (Å²) in [5, 5.41) is 10.0. The van der Waals surface area contributed by atoms with E-state index in [0.717, 1.165) is 37.5 Å². The van der Waals surface area contributed by atoms with Crippen LogP contribution in [0.2, 0.25) is 0 Å². The molecule has 0 unspecified atom stereocenters. The molecule has 0 aliphatic rings. The third kappa shape index (κ3) is 4.94. The number of carbonyl (C=O) groups is 1. The van der Waals surface area contributed by atoms with E-state index in [9.17, 15) is 9.18 Å². The number of hydrogen-bond acceptors (Lipinski definition) is 5. The number of halogens is 1. The van der Waals surface area contributed by atoms with E-state index in [-0.39, 0.29) is 11.4 Å². The van der Waals surface area contributed by atoms with Crippen molar-refractivity contribution >= 4 is 27.5 Å². The highest BCUT2D eigenvalue weighted by Gasteiger charge is 2.08. The van der Waals surface area contributed by atoms with Gasteiger partial charge in [0.25, 0.3) is 0 Å². The van der Waals surface area contributed by atoms with Crippen molar-refractivity contribution in [1.82, 2.24) is 9.97 Å². The number of carboxylic acid groups (broad SMARTS) is 1. The van der Waals surface area contributed by atoms with Gasteiger partial charge in [0, 0.05) is 12.6 Å². The molecule has 1 N–H and O–H groups in total. The summed E-state index contributed by atoms with van der Waals surface area (Å²) in [6.45, 7) is 0.309. The number of hydrogen-bond donors (Lipinski definition) is 1. The number of ether oxygens (including phenoxy) is 1. The van der Waals surface area contributed by atoms with Crippen molar-refractivity contribution in [3.8, 4) is 16.9 Å². The third-order valence-corrected chi connectivity index (χ3v) is 6.35. The molecule has 5 rings (SSSR count). The minimum Gasteiger partial charge on any atom is -0.487 e. The van der Waals surface area contributed by atoms with Gasteiger partial charge < -0.3 is 9.84 Å². The molecule has 168 valence electrons. The Balaban J connectivity index is 1.27. The molecule has 0 aliphatic carbocycles. The van der Waals surface area contributed by atoms with Gasteiger partial charge in [0.05, 0.1) is 27.0 Å². The van der Waals surface area contributed by atoms with Crippen molar-refractivity contribution in [1.29, 1.82) is 0 Å². The van der Waals surface area contributed by atoms with Crippen molar-refractivity contribution in [2.75, 3.05) is 0 Å². The van der Waals surface area contributed by atoms with E-state index in [2.05, 4.69) is 28.2 Å². The molecule has 5 aromatic rings. The number of nitrogens with zero attached hydrogens (tertiary/aromatic N) is 2. The van der Waals surface area contributed by atoms with E-state index in [1.165, 1.54) is 41.9 Å². The van der Waals surface area contributed by atoms with E-state index in [1.807, 2.05) is 30.3 Å². The number of benzene rings is 3. The predicted molar refractivity (Wildman–Crippen MR) is 130 cm³/mol. The van der Waals surface area contributed by atoms with Crippen LogP contribution in [0.25, 0.3) is 21.3 Å². The molecule has 0 amide bonds. The molecule has 2 heterocycles. The molecule has 0 spiro atoms. The van der Waals surface area contributed by atoms with Crippen LogP contribution in [0.15, 0.2) is 85.2 Å². The van der Waals surface area contributed by atoms with Gasteiger partial charge in [-0.25, -0.2) is 14.2 Å². The molecule has 2 aromatic heterocycles. The minimum absolute atomic E-state index is 0.0886. The van der Waals surface area contributed by atoms with Gasteiger partial charge in [-0.2, -0.15) is 0 Å². The Morgan fingerprint density at radius 3 is 2.62 bits per heavy atom. The standard InChI is InChI=1S/C27H19FN2O3S/c28-22-8-9-24-25(13-22)34-26(30-24)11-18-2-1-3-20(10-18)19-6-4-17(5-7-19)16-33-23-12-21(27(31)32)14-29-15-23/h1-10,12-15H,11,16H2,(H,31,32). The number of thiazole rings is 1. The molecule has 0 fully saturated rings. The van der Waals surface area contributed by atoms with Gasteiger partial charge in [-0.3, -0.25) is 4.98 Å². The van der Waals surface area contributed by atoms with E-state index < -0.39 is 5.97 Å². The second kappa shape index (κ2) is 9.41. The lowest BCUT2D eigenvalue weighted by atomic mass is 10.0. The predicted octanol–water partition coefficient (Wildman–Crippen LogP) is 6.37. The number of rotatable bonds is 7. The molecule has 0 aliphatic heterocycles. The monoisotopic (exact) mass is 470 g/mol. The Hall–Kier alpha value is -4.10. The number of pyridine rings is 1. The summed E-state index contributed by atoms with van der Waals surface area (Å²) in [7, 11) is 0. The van der Waals surface area contributed by atoms with Crippen molar-refractivity contribution < 1.29 is 19.0 Å². The average Bonchev–Trinajstić information content (AvgIpc) is 3.24. The molecule has 5 nitrogen and oxygen atoms in total. The average molecular weight is 471 g/mol. The molecule has 0 bridgehead atoms. The lowest BCUT2D eigenvalue weighted by Gasteiger charge is -2.08. The normalized spacial score (nSPS) is 11.0. The number of fused-ring (bicyclic) bond motifs is 1. The summed E-state index contributed by atoms with van der Waals surface area (Å²) in [5.41, 5.74) is 5.17. The van der Waals surface area contributed by atoms with Gasteiger partial charge in [-0.05, 0) is 46.5 Å². The first-order valence-electron chi connectivity index (χ1n) is 10.6. The van der Waals surface area contributed by atoms with Gasteiger partial charge in [0.2, 0.25) is 0 Å². The molecule has 0 atom stereocenters. The van der Waals surface area contributed by atoms with Crippen LogP contribution in [0.4, 0.5) is 4.39 Å². The zero-order valence-corrected chi connectivity index (χ0v) is 18.8. The van der Waals surface area contributed by atoms with Gasteiger partial charge in [0.15, 0.2) is 0 Å². The van der Waals surface area contributed by atoms with Crippen LogP contribution in [0, 0.1) is 5.82 Å². The van der Waals surface area contributed by atoms with Crippen molar-refractivity contribution in [2.24, 2.45) is 0 Å².